The lowest BCUT2D eigenvalue weighted by molar-refractivity contribution is 0.764. The van der Waals surface area contributed by atoms with E-state index >= 15 is 0 Å². The normalized spacial score (nSPS) is 10.7. The average molecular weight is 258 g/mol. The van der Waals surface area contributed by atoms with Crippen LogP contribution in [0.2, 0.25) is 5.02 Å². The second-order valence-electron chi connectivity index (χ2n) is 3.04. The van der Waals surface area contributed by atoms with E-state index in [9.17, 15) is 4.79 Å². The fourth-order valence-electron chi connectivity index (χ4n) is 1.00. The summed E-state index contributed by atoms with van der Waals surface area (Å²) in [6, 6.07) is 0. The molecule has 1 N–H and O–H groups in total. The molecule has 0 aromatic carbocycles. The first-order valence-corrected chi connectivity index (χ1v) is 5.56. The van der Waals surface area contributed by atoms with Crippen molar-refractivity contribution in [2.24, 2.45) is 7.05 Å². The summed E-state index contributed by atoms with van der Waals surface area (Å²) < 4.78 is 1.80. The maximum Gasteiger partial charge on any atom is 0.270 e. The number of rotatable bonds is 2. The van der Waals surface area contributed by atoms with Crippen LogP contribution in [-0.4, -0.2) is 24.7 Å². The van der Waals surface area contributed by atoms with E-state index < -0.39 is 0 Å². The van der Waals surface area contributed by atoms with Gasteiger partial charge in [-0.15, -0.1) is 10.2 Å². The Labute approximate surface area is 100 Å². The third kappa shape index (κ3) is 1.96. The number of aromatic nitrogens is 5. The van der Waals surface area contributed by atoms with Gasteiger partial charge in [-0.05, 0) is 18.7 Å². The van der Waals surface area contributed by atoms with E-state index in [0.717, 1.165) is 5.82 Å². The van der Waals surface area contributed by atoms with Crippen molar-refractivity contribution in [2.75, 3.05) is 0 Å². The maximum atomic E-state index is 11.2. The SMILES string of the molecule is Cc1nnc(Sc2nc[nH]c(=O)c2Cl)n1C. The zero-order chi connectivity index (χ0) is 11.7. The van der Waals surface area contributed by atoms with Gasteiger partial charge in [0.25, 0.3) is 5.56 Å². The van der Waals surface area contributed by atoms with Gasteiger partial charge in [0.2, 0.25) is 0 Å². The van der Waals surface area contributed by atoms with Crippen LogP contribution in [-0.2, 0) is 7.05 Å². The Morgan fingerprint density at radius 3 is 2.88 bits per heavy atom. The van der Waals surface area contributed by atoms with Crippen molar-refractivity contribution in [2.45, 2.75) is 17.1 Å². The molecule has 0 fully saturated rings. The lowest BCUT2D eigenvalue weighted by atomic mass is 10.7. The number of nitrogens with one attached hydrogen (secondary N) is 1. The lowest BCUT2D eigenvalue weighted by Crippen LogP contribution is -2.07. The first kappa shape index (κ1) is 11.2. The van der Waals surface area contributed by atoms with Crippen LogP contribution in [0.5, 0.6) is 0 Å². The summed E-state index contributed by atoms with van der Waals surface area (Å²) in [4.78, 5) is 17.6. The highest BCUT2D eigenvalue weighted by Crippen LogP contribution is 2.27. The molecule has 2 aromatic heterocycles. The molecule has 84 valence electrons. The van der Waals surface area contributed by atoms with Gasteiger partial charge in [-0.1, -0.05) is 11.6 Å². The molecule has 2 aromatic rings. The van der Waals surface area contributed by atoms with Crippen LogP contribution in [0.3, 0.4) is 0 Å². The molecule has 0 aliphatic rings. The Balaban J connectivity index is 2.38. The topological polar surface area (TPSA) is 76.5 Å². The van der Waals surface area contributed by atoms with Gasteiger partial charge in [0.1, 0.15) is 15.9 Å². The second kappa shape index (κ2) is 4.26. The van der Waals surface area contributed by atoms with Crippen molar-refractivity contribution < 1.29 is 0 Å². The Bertz CT molecular complexity index is 578. The minimum Gasteiger partial charge on any atom is -0.312 e. The second-order valence-corrected chi connectivity index (χ2v) is 4.38. The average Bonchev–Trinajstić information content (AvgIpc) is 2.57. The first-order valence-electron chi connectivity index (χ1n) is 4.36. The molecule has 0 aliphatic heterocycles. The summed E-state index contributed by atoms with van der Waals surface area (Å²) in [5.41, 5.74) is -0.363. The summed E-state index contributed by atoms with van der Waals surface area (Å²) in [7, 11) is 1.83. The molecular weight excluding hydrogens is 250 g/mol. The number of H-pyrrole nitrogens is 1. The van der Waals surface area contributed by atoms with Crippen LogP contribution in [0.4, 0.5) is 0 Å². The summed E-state index contributed by atoms with van der Waals surface area (Å²) in [6.07, 6.45) is 1.31. The maximum absolute atomic E-state index is 11.2. The molecule has 0 saturated carbocycles. The molecule has 0 radical (unpaired) electrons. The smallest absolute Gasteiger partial charge is 0.270 e. The quantitative estimate of drug-likeness (QED) is 0.813. The zero-order valence-electron chi connectivity index (χ0n) is 8.56. The molecule has 8 heteroatoms. The summed E-state index contributed by atoms with van der Waals surface area (Å²) in [5, 5.41) is 8.96. The molecule has 0 bridgehead atoms. The molecular formula is C8H8ClN5OS. The fraction of sp³-hybridized carbons (Fsp3) is 0.250. The minimum atomic E-state index is -0.363. The van der Waals surface area contributed by atoms with Crippen LogP contribution in [0.1, 0.15) is 5.82 Å². The van der Waals surface area contributed by atoms with Gasteiger partial charge in [-0.3, -0.25) is 4.79 Å². The van der Waals surface area contributed by atoms with Gasteiger partial charge in [0.15, 0.2) is 5.16 Å². The van der Waals surface area contributed by atoms with E-state index in [1.807, 2.05) is 14.0 Å². The van der Waals surface area contributed by atoms with E-state index in [1.54, 1.807) is 4.57 Å². The van der Waals surface area contributed by atoms with E-state index in [4.69, 9.17) is 11.6 Å². The number of aromatic amines is 1. The summed E-state index contributed by atoms with van der Waals surface area (Å²) >= 11 is 7.02. The number of halogens is 1. The lowest BCUT2D eigenvalue weighted by Gasteiger charge is -2.01. The van der Waals surface area contributed by atoms with Crippen molar-refractivity contribution in [3.05, 3.63) is 27.5 Å². The number of aryl methyl sites for hydroxylation is 1. The summed E-state index contributed by atoms with van der Waals surface area (Å²) in [5.74, 6) is 0.781. The highest BCUT2D eigenvalue weighted by atomic mass is 35.5. The molecule has 0 unspecified atom stereocenters. The van der Waals surface area contributed by atoms with Crippen LogP contribution in [0.25, 0.3) is 0 Å². The van der Waals surface area contributed by atoms with Crippen molar-refractivity contribution in [3.8, 4) is 0 Å². The molecule has 0 amide bonds. The van der Waals surface area contributed by atoms with Gasteiger partial charge >= 0.3 is 0 Å². The Hall–Kier alpha value is -1.34. The third-order valence-electron chi connectivity index (χ3n) is 2.01. The number of nitrogens with zero attached hydrogens (tertiary/aromatic N) is 4. The highest BCUT2D eigenvalue weighted by Gasteiger charge is 2.12. The van der Waals surface area contributed by atoms with Crippen LogP contribution < -0.4 is 5.56 Å². The van der Waals surface area contributed by atoms with E-state index in [1.165, 1.54) is 18.1 Å². The molecule has 2 rings (SSSR count). The van der Waals surface area contributed by atoms with Crippen LogP contribution in [0.15, 0.2) is 21.3 Å². The Morgan fingerprint density at radius 1 is 1.50 bits per heavy atom. The molecule has 0 spiro atoms. The van der Waals surface area contributed by atoms with Gasteiger partial charge < -0.3 is 9.55 Å². The van der Waals surface area contributed by atoms with Gasteiger partial charge in [0, 0.05) is 7.05 Å². The standard InChI is InChI=1S/C8H8ClN5OS/c1-4-12-13-8(14(4)2)16-7-5(9)6(15)10-3-11-7/h3H,1-2H3,(H,10,11,15). The molecule has 16 heavy (non-hydrogen) atoms. The van der Waals surface area contributed by atoms with Gasteiger partial charge in [-0.2, -0.15) is 0 Å². The van der Waals surface area contributed by atoms with Crippen molar-refractivity contribution in [1.82, 2.24) is 24.7 Å². The predicted molar refractivity (Wildman–Crippen MR) is 59.7 cm³/mol. The molecule has 0 saturated heterocycles. The van der Waals surface area contributed by atoms with Crippen molar-refractivity contribution in [3.63, 3.8) is 0 Å². The predicted octanol–water partition coefficient (Wildman–Crippen LogP) is 1.01. The Kier molecular flexibility index (Phi) is 2.97. The first-order chi connectivity index (χ1) is 7.59. The Morgan fingerprint density at radius 2 is 2.25 bits per heavy atom. The van der Waals surface area contributed by atoms with E-state index in [2.05, 4.69) is 20.2 Å². The van der Waals surface area contributed by atoms with E-state index in [-0.39, 0.29) is 10.6 Å². The zero-order valence-corrected chi connectivity index (χ0v) is 10.1. The molecule has 0 atom stereocenters. The number of hydrogen-bond donors (Lipinski definition) is 1. The van der Waals surface area contributed by atoms with Crippen LogP contribution >= 0.6 is 23.4 Å². The van der Waals surface area contributed by atoms with Crippen LogP contribution in [0, 0.1) is 6.92 Å². The fourth-order valence-corrected chi connectivity index (χ4v) is 2.03. The van der Waals surface area contributed by atoms with Gasteiger partial charge in [0.05, 0.1) is 6.33 Å². The largest absolute Gasteiger partial charge is 0.312 e. The monoisotopic (exact) mass is 257 g/mol. The molecule has 2 heterocycles. The molecule has 0 aliphatic carbocycles. The van der Waals surface area contributed by atoms with E-state index in [0.29, 0.717) is 10.2 Å². The summed E-state index contributed by atoms with van der Waals surface area (Å²) in [6.45, 7) is 1.84. The number of hydrogen-bond acceptors (Lipinski definition) is 5. The third-order valence-corrected chi connectivity index (χ3v) is 3.51. The van der Waals surface area contributed by atoms with Crippen molar-refractivity contribution >= 4 is 23.4 Å². The van der Waals surface area contributed by atoms with Gasteiger partial charge in [-0.25, -0.2) is 4.98 Å². The van der Waals surface area contributed by atoms with Crippen molar-refractivity contribution in [1.29, 1.82) is 0 Å². The minimum absolute atomic E-state index is 0.0631. The highest BCUT2D eigenvalue weighted by molar-refractivity contribution is 7.99. The molecule has 6 nitrogen and oxygen atoms in total.